The van der Waals surface area contributed by atoms with Gasteiger partial charge in [0.1, 0.15) is 5.54 Å². The van der Waals surface area contributed by atoms with Gasteiger partial charge in [-0.3, -0.25) is 15.1 Å². The van der Waals surface area contributed by atoms with Crippen LogP contribution in [0.3, 0.4) is 0 Å². The minimum atomic E-state index is -0.784. The number of likely N-dealkylation sites (tertiary alicyclic amines) is 1. The number of aliphatic imine (C=N–C) groups is 1. The number of nitrogens with zero attached hydrogens (tertiary/aromatic N) is 2. The van der Waals surface area contributed by atoms with E-state index in [9.17, 15) is 9.59 Å². The molecule has 0 aromatic carbocycles. The van der Waals surface area contributed by atoms with Gasteiger partial charge in [0.05, 0.1) is 0 Å². The van der Waals surface area contributed by atoms with Crippen molar-refractivity contribution < 1.29 is 9.59 Å². The number of piperidine rings is 1. The zero-order chi connectivity index (χ0) is 18.6. The van der Waals surface area contributed by atoms with Gasteiger partial charge in [-0.15, -0.1) is 24.0 Å². The Labute approximate surface area is 178 Å². The number of rotatable bonds is 4. The average Bonchev–Trinajstić information content (AvgIpc) is 2.92. The zero-order valence-electron chi connectivity index (χ0n) is 16.3. The number of hydrogen-bond donors (Lipinski definition) is 3. The van der Waals surface area contributed by atoms with E-state index in [0.29, 0.717) is 0 Å². The summed E-state index contributed by atoms with van der Waals surface area (Å²) < 4.78 is 0. The minimum absolute atomic E-state index is 0. The minimum Gasteiger partial charge on any atom is -0.356 e. The van der Waals surface area contributed by atoms with Crippen LogP contribution in [-0.2, 0) is 4.79 Å². The van der Waals surface area contributed by atoms with E-state index in [0.717, 1.165) is 44.9 Å². The molecule has 0 aromatic heterocycles. The van der Waals surface area contributed by atoms with Gasteiger partial charge < -0.3 is 15.5 Å². The quantitative estimate of drug-likeness (QED) is 0.186. The van der Waals surface area contributed by atoms with Crippen molar-refractivity contribution in [1.82, 2.24) is 20.9 Å². The van der Waals surface area contributed by atoms with Crippen LogP contribution in [0.2, 0.25) is 0 Å². The molecule has 0 saturated carbocycles. The Bertz CT molecular complexity index is 613. The molecule has 2 aliphatic heterocycles. The summed E-state index contributed by atoms with van der Waals surface area (Å²) in [6.07, 6.45) is 10.3. The molecule has 152 valence electrons. The summed E-state index contributed by atoms with van der Waals surface area (Å²) in [7, 11) is 1.82. The van der Waals surface area contributed by atoms with Crippen LogP contribution in [0.1, 0.15) is 51.9 Å². The number of nitrogens with one attached hydrogen (secondary N) is 3. The topological polar surface area (TPSA) is 85.8 Å². The molecule has 1 aliphatic carbocycles. The van der Waals surface area contributed by atoms with Gasteiger partial charge in [0.15, 0.2) is 5.96 Å². The first-order valence-corrected chi connectivity index (χ1v) is 9.80. The molecule has 2 heterocycles. The smallest absolute Gasteiger partial charge is 0.322 e. The Kier molecular flexibility index (Phi) is 7.93. The number of guanidine groups is 1. The highest BCUT2D eigenvalue weighted by Gasteiger charge is 2.48. The van der Waals surface area contributed by atoms with E-state index in [2.05, 4.69) is 31.9 Å². The van der Waals surface area contributed by atoms with Crippen LogP contribution in [0, 0.1) is 5.92 Å². The van der Waals surface area contributed by atoms with Crippen molar-refractivity contribution >= 4 is 41.9 Å². The molecule has 3 amide bonds. The summed E-state index contributed by atoms with van der Waals surface area (Å²) in [5.74, 6) is 0.879. The van der Waals surface area contributed by atoms with Gasteiger partial charge in [-0.1, -0.05) is 11.6 Å². The highest BCUT2D eigenvalue weighted by Crippen LogP contribution is 2.30. The molecule has 1 unspecified atom stereocenters. The summed E-state index contributed by atoms with van der Waals surface area (Å²) in [6, 6.07) is -0.380. The predicted molar refractivity (Wildman–Crippen MR) is 117 cm³/mol. The lowest BCUT2D eigenvalue weighted by atomic mass is 9.79. The van der Waals surface area contributed by atoms with Gasteiger partial charge in [-0.25, -0.2) is 4.79 Å². The fourth-order valence-electron chi connectivity index (χ4n) is 4.31. The molecule has 27 heavy (non-hydrogen) atoms. The first-order valence-electron chi connectivity index (χ1n) is 9.80. The Morgan fingerprint density at radius 1 is 1.33 bits per heavy atom. The molecule has 0 radical (unpaired) electrons. The predicted octanol–water partition coefficient (Wildman–Crippen LogP) is 2.38. The van der Waals surface area contributed by atoms with Crippen LogP contribution in [0.5, 0.6) is 0 Å². The second kappa shape index (κ2) is 9.75. The van der Waals surface area contributed by atoms with Crippen molar-refractivity contribution in [3.05, 3.63) is 11.6 Å². The second-order valence-corrected chi connectivity index (χ2v) is 7.70. The van der Waals surface area contributed by atoms with Crippen molar-refractivity contribution in [2.75, 3.05) is 26.7 Å². The highest BCUT2D eigenvalue weighted by atomic mass is 127. The van der Waals surface area contributed by atoms with Crippen molar-refractivity contribution in [3.8, 4) is 0 Å². The normalized spacial score (nSPS) is 26.8. The molecule has 2 saturated heterocycles. The first-order chi connectivity index (χ1) is 12.5. The number of amides is 3. The van der Waals surface area contributed by atoms with E-state index in [1.807, 2.05) is 14.0 Å². The molecule has 3 aliphatic rings. The number of carbonyl (C=O) groups excluding carboxylic acids is 2. The fourth-order valence-corrected chi connectivity index (χ4v) is 4.31. The Hall–Kier alpha value is -1.32. The molecule has 3 N–H and O–H groups in total. The van der Waals surface area contributed by atoms with Crippen molar-refractivity contribution in [2.45, 2.75) is 57.4 Å². The number of carbonyl (C=O) groups is 2. The van der Waals surface area contributed by atoms with E-state index in [1.165, 1.54) is 25.7 Å². The van der Waals surface area contributed by atoms with E-state index in [4.69, 9.17) is 0 Å². The maximum Gasteiger partial charge on any atom is 0.322 e. The lowest BCUT2D eigenvalue weighted by molar-refractivity contribution is -0.125. The first kappa shape index (κ1) is 22.0. The molecule has 2 fully saturated rings. The average molecular weight is 489 g/mol. The number of hydrogen-bond acceptors (Lipinski definition) is 3. The van der Waals surface area contributed by atoms with Crippen LogP contribution in [0.15, 0.2) is 16.6 Å². The molecule has 0 bridgehead atoms. The second-order valence-electron chi connectivity index (χ2n) is 7.70. The van der Waals surface area contributed by atoms with Gasteiger partial charge in [0, 0.05) is 26.7 Å². The standard InChI is InChI=1S/C19H31N5O2.HI/c1-19(16(25)22-18(26)23-19)15-9-12-24(13-10-15)17(20-2)21-11-8-14-6-4-3-5-7-14;/h6,15H,3-5,7-13H2,1-2H3,(H,20,21)(H2,22,23,25,26);1H. The van der Waals surface area contributed by atoms with E-state index in [1.54, 1.807) is 5.57 Å². The van der Waals surface area contributed by atoms with Gasteiger partial charge in [-0.2, -0.15) is 0 Å². The van der Waals surface area contributed by atoms with Crippen LogP contribution in [0.25, 0.3) is 0 Å². The molecule has 1 atom stereocenters. The van der Waals surface area contributed by atoms with Crippen LogP contribution >= 0.6 is 24.0 Å². The largest absolute Gasteiger partial charge is 0.356 e. The molecule has 0 aromatic rings. The Balaban J connectivity index is 0.00000261. The van der Waals surface area contributed by atoms with Gasteiger partial charge in [0.25, 0.3) is 5.91 Å². The maximum atomic E-state index is 12.1. The summed E-state index contributed by atoms with van der Waals surface area (Å²) in [4.78, 5) is 30.3. The Morgan fingerprint density at radius 2 is 2.07 bits per heavy atom. The highest BCUT2D eigenvalue weighted by molar-refractivity contribution is 14.0. The Morgan fingerprint density at radius 3 is 2.63 bits per heavy atom. The number of imide groups is 1. The van der Waals surface area contributed by atoms with Crippen molar-refractivity contribution in [1.29, 1.82) is 0 Å². The van der Waals surface area contributed by atoms with E-state index < -0.39 is 5.54 Å². The van der Waals surface area contributed by atoms with E-state index in [-0.39, 0.29) is 41.8 Å². The van der Waals surface area contributed by atoms with Gasteiger partial charge in [0.2, 0.25) is 0 Å². The van der Waals surface area contributed by atoms with E-state index >= 15 is 0 Å². The van der Waals surface area contributed by atoms with Crippen molar-refractivity contribution in [2.24, 2.45) is 10.9 Å². The SMILES string of the molecule is CN=C(NCCC1=CCCCC1)N1CCC(C2(C)NC(=O)NC2=O)CC1.I. The third kappa shape index (κ3) is 5.14. The number of urea groups is 1. The van der Waals surface area contributed by atoms with Gasteiger partial charge in [-0.05, 0) is 57.8 Å². The fraction of sp³-hybridized carbons (Fsp3) is 0.737. The van der Waals surface area contributed by atoms with Gasteiger partial charge >= 0.3 is 6.03 Å². The molecular weight excluding hydrogens is 457 g/mol. The lowest BCUT2D eigenvalue weighted by Gasteiger charge is -2.39. The monoisotopic (exact) mass is 489 g/mol. The van der Waals surface area contributed by atoms with Crippen LogP contribution in [-0.4, -0.2) is 55.0 Å². The molecule has 7 nitrogen and oxygen atoms in total. The number of halogens is 1. The van der Waals surface area contributed by atoms with Crippen molar-refractivity contribution in [3.63, 3.8) is 0 Å². The summed E-state index contributed by atoms with van der Waals surface area (Å²) in [5, 5.41) is 8.66. The summed E-state index contributed by atoms with van der Waals surface area (Å²) >= 11 is 0. The molecule has 3 rings (SSSR count). The molecular formula is C19H32IN5O2. The summed E-state index contributed by atoms with van der Waals surface area (Å²) in [6.45, 7) is 4.42. The lowest BCUT2D eigenvalue weighted by Crippen LogP contribution is -2.55. The third-order valence-electron chi connectivity index (χ3n) is 6.01. The van der Waals surface area contributed by atoms with Crippen LogP contribution in [0.4, 0.5) is 4.79 Å². The maximum absolute atomic E-state index is 12.1. The third-order valence-corrected chi connectivity index (χ3v) is 6.01. The number of allylic oxidation sites excluding steroid dienone is 1. The zero-order valence-corrected chi connectivity index (χ0v) is 18.7. The molecule has 8 heteroatoms. The molecule has 0 spiro atoms. The van der Waals surface area contributed by atoms with Crippen LogP contribution < -0.4 is 16.0 Å². The summed E-state index contributed by atoms with van der Waals surface area (Å²) in [5.41, 5.74) is 0.780.